The number of hydrogen-bond acceptors (Lipinski definition) is 4. The van der Waals surface area contributed by atoms with E-state index in [2.05, 4.69) is 11.0 Å². The van der Waals surface area contributed by atoms with Gasteiger partial charge in [-0.2, -0.15) is 10.1 Å². The number of hydrogen-bond donors (Lipinski definition) is 0. The summed E-state index contributed by atoms with van der Waals surface area (Å²) in [5.41, 5.74) is 1.33. The summed E-state index contributed by atoms with van der Waals surface area (Å²) in [4.78, 5) is 24.4. The maximum Gasteiger partial charge on any atom is 0.282 e. The van der Waals surface area contributed by atoms with E-state index in [0.29, 0.717) is 22.4 Å². The second kappa shape index (κ2) is 6.16. The fourth-order valence-corrected chi connectivity index (χ4v) is 2.24. The number of hydrazone groups is 1. The van der Waals surface area contributed by atoms with Gasteiger partial charge in [0.15, 0.2) is 0 Å². The van der Waals surface area contributed by atoms with Crippen LogP contribution in [0.5, 0.6) is 5.75 Å². The first-order valence-electron chi connectivity index (χ1n) is 6.89. The highest BCUT2D eigenvalue weighted by Gasteiger charge is 2.35. The first kappa shape index (κ1) is 14.5. The summed E-state index contributed by atoms with van der Waals surface area (Å²) in [6.07, 6.45) is 6.59. The molecule has 0 radical (unpaired) electrons. The lowest BCUT2D eigenvalue weighted by atomic mass is 10.1. The van der Waals surface area contributed by atoms with Crippen LogP contribution in [0.4, 0.5) is 0 Å². The van der Waals surface area contributed by atoms with Crippen molar-refractivity contribution < 1.29 is 14.3 Å². The number of terminal acetylenes is 1. The van der Waals surface area contributed by atoms with E-state index in [-0.39, 0.29) is 6.61 Å². The van der Waals surface area contributed by atoms with Gasteiger partial charge in [-0.05, 0) is 24.3 Å². The van der Waals surface area contributed by atoms with Crippen LogP contribution in [-0.2, 0) is 0 Å². The molecule has 0 saturated heterocycles. The standard InChI is InChI=1S/C18H12N2O3/c1-2-11-23-16-10-6-3-7-13(16)12-19-20-17(21)14-8-4-5-9-15(14)18(20)22/h1,3-10,12H,11H2/b19-12-. The van der Waals surface area contributed by atoms with Crippen LogP contribution >= 0.6 is 0 Å². The van der Waals surface area contributed by atoms with Crippen molar-refractivity contribution in [3.63, 3.8) is 0 Å². The highest BCUT2D eigenvalue weighted by molar-refractivity contribution is 6.21. The Morgan fingerprint density at radius 1 is 1.04 bits per heavy atom. The molecule has 0 atom stereocenters. The Kier molecular flexibility index (Phi) is 3.89. The minimum absolute atomic E-state index is 0.123. The van der Waals surface area contributed by atoms with E-state index in [1.54, 1.807) is 48.5 Å². The molecule has 23 heavy (non-hydrogen) atoms. The highest BCUT2D eigenvalue weighted by atomic mass is 16.5. The zero-order chi connectivity index (χ0) is 16.2. The molecule has 2 aromatic rings. The molecule has 0 bridgehead atoms. The predicted molar refractivity (Wildman–Crippen MR) is 85.3 cm³/mol. The second-order valence-electron chi connectivity index (χ2n) is 4.74. The van der Waals surface area contributed by atoms with Gasteiger partial charge in [-0.3, -0.25) is 9.59 Å². The number of carbonyl (C=O) groups excluding carboxylic acids is 2. The van der Waals surface area contributed by atoms with E-state index in [9.17, 15) is 9.59 Å². The molecule has 0 aromatic heterocycles. The predicted octanol–water partition coefficient (Wildman–Crippen LogP) is 2.33. The molecule has 0 aliphatic carbocycles. The molecule has 5 heteroatoms. The Morgan fingerprint density at radius 2 is 1.65 bits per heavy atom. The third-order valence-electron chi connectivity index (χ3n) is 3.31. The minimum Gasteiger partial charge on any atom is -0.480 e. The molecule has 1 heterocycles. The average Bonchev–Trinajstić information content (AvgIpc) is 2.83. The maximum absolute atomic E-state index is 12.2. The van der Waals surface area contributed by atoms with Crippen molar-refractivity contribution in [2.45, 2.75) is 0 Å². The van der Waals surface area contributed by atoms with Gasteiger partial charge >= 0.3 is 0 Å². The number of rotatable bonds is 4. The lowest BCUT2D eigenvalue weighted by molar-refractivity contribution is 0.0660. The van der Waals surface area contributed by atoms with Crippen LogP contribution in [0.25, 0.3) is 0 Å². The Bertz CT molecular complexity index is 814. The smallest absolute Gasteiger partial charge is 0.282 e. The van der Waals surface area contributed by atoms with Crippen LogP contribution in [-0.4, -0.2) is 29.6 Å². The number of amides is 2. The molecular weight excluding hydrogens is 292 g/mol. The number of benzene rings is 2. The normalized spacial score (nSPS) is 13.3. The van der Waals surface area contributed by atoms with Gasteiger partial charge in [0, 0.05) is 5.56 Å². The van der Waals surface area contributed by atoms with Gasteiger partial charge < -0.3 is 4.74 Å². The molecule has 2 aromatic carbocycles. The highest BCUT2D eigenvalue weighted by Crippen LogP contribution is 2.23. The van der Waals surface area contributed by atoms with Crippen molar-refractivity contribution in [2.75, 3.05) is 6.61 Å². The van der Waals surface area contributed by atoms with Gasteiger partial charge in [0.25, 0.3) is 11.8 Å². The van der Waals surface area contributed by atoms with Crippen molar-refractivity contribution in [2.24, 2.45) is 5.10 Å². The molecule has 0 unspecified atom stereocenters. The summed E-state index contributed by atoms with van der Waals surface area (Å²) < 4.78 is 5.40. The third-order valence-corrected chi connectivity index (χ3v) is 3.31. The molecule has 2 amide bonds. The number of ether oxygens (including phenoxy) is 1. The summed E-state index contributed by atoms with van der Waals surface area (Å²) in [7, 11) is 0. The molecule has 0 N–H and O–H groups in total. The van der Waals surface area contributed by atoms with Crippen LogP contribution in [0.15, 0.2) is 53.6 Å². The van der Waals surface area contributed by atoms with E-state index in [1.807, 2.05) is 0 Å². The first-order valence-corrected chi connectivity index (χ1v) is 6.89. The van der Waals surface area contributed by atoms with Crippen molar-refractivity contribution in [3.05, 3.63) is 65.2 Å². The fourth-order valence-electron chi connectivity index (χ4n) is 2.24. The van der Waals surface area contributed by atoms with E-state index < -0.39 is 11.8 Å². The molecule has 1 aliphatic heterocycles. The number of imide groups is 1. The zero-order valence-electron chi connectivity index (χ0n) is 12.1. The molecule has 1 aliphatic rings. The molecule has 0 spiro atoms. The van der Waals surface area contributed by atoms with Crippen LogP contribution in [0.3, 0.4) is 0 Å². The molecule has 112 valence electrons. The molecule has 5 nitrogen and oxygen atoms in total. The largest absolute Gasteiger partial charge is 0.480 e. The molecule has 0 saturated carbocycles. The molecule has 0 fully saturated rings. The van der Waals surface area contributed by atoms with Crippen LogP contribution in [0.1, 0.15) is 26.3 Å². The van der Waals surface area contributed by atoms with Crippen LogP contribution in [0, 0.1) is 12.3 Å². The lowest BCUT2D eigenvalue weighted by Crippen LogP contribution is -2.24. The van der Waals surface area contributed by atoms with Crippen molar-refractivity contribution in [1.29, 1.82) is 0 Å². The van der Waals surface area contributed by atoms with Gasteiger partial charge in [-0.15, -0.1) is 6.42 Å². The minimum atomic E-state index is -0.441. The van der Waals surface area contributed by atoms with Crippen molar-refractivity contribution >= 4 is 18.0 Å². The lowest BCUT2D eigenvalue weighted by Gasteiger charge is -2.08. The number of fused-ring (bicyclic) bond motifs is 1. The summed E-state index contributed by atoms with van der Waals surface area (Å²) in [6.45, 7) is 0.123. The zero-order valence-corrected chi connectivity index (χ0v) is 12.1. The van der Waals surface area contributed by atoms with E-state index in [0.717, 1.165) is 5.01 Å². The first-order chi connectivity index (χ1) is 11.2. The monoisotopic (exact) mass is 304 g/mol. The average molecular weight is 304 g/mol. The number of carbonyl (C=O) groups is 2. The SMILES string of the molecule is C#CCOc1ccccc1/C=N\N1C(=O)c2ccccc2C1=O. The summed E-state index contributed by atoms with van der Waals surface area (Å²) in [5, 5.41) is 4.87. The van der Waals surface area contributed by atoms with E-state index >= 15 is 0 Å². The Morgan fingerprint density at radius 3 is 2.30 bits per heavy atom. The van der Waals surface area contributed by atoms with Crippen molar-refractivity contribution in [1.82, 2.24) is 5.01 Å². The summed E-state index contributed by atoms with van der Waals surface area (Å²) in [5.74, 6) is 2.03. The van der Waals surface area contributed by atoms with Gasteiger partial charge in [-0.1, -0.05) is 30.2 Å². The molecular formula is C18H12N2O3. The summed E-state index contributed by atoms with van der Waals surface area (Å²) in [6, 6.07) is 13.7. The maximum atomic E-state index is 12.2. The third kappa shape index (κ3) is 2.70. The van der Waals surface area contributed by atoms with Gasteiger partial charge in [0.2, 0.25) is 0 Å². The van der Waals surface area contributed by atoms with Crippen molar-refractivity contribution in [3.8, 4) is 18.1 Å². The van der Waals surface area contributed by atoms with Gasteiger partial charge in [0.05, 0.1) is 17.3 Å². The van der Waals surface area contributed by atoms with Gasteiger partial charge in [0.1, 0.15) is 12.4 Å². The summed E-state index contributed by atoms with van der Waals surface area (Å²) >= 11 is 0. The van der Waals surface area contributed by atoms with E-state index in [1.165, 1.54) is 6.21 Å². The second-order valence-corrected chi connectivity index (χ2v) is 4.74. The Balaban J connectivity index is 1.87. The van der Waals surface area contributed by atoms with E-state index in [4.69, 9.17) is 11.2 Å². The van der Waals surface area contributed by atoms with Crippen LogP contribution < -0.4 is 4.74 Å². The van der Waals surface area contributed by atoms with Gasteiger partial charge in [-0.25, -0.2) is 0 Å². The number of nitrogens with zero attached hydrogens (tertiary/aromatic N) is 2. The number of para-hydroxylation sites is 1. The molecule has 3 rings (SSSR count). The van der Waals surface area contributed by atoms with Crippen LogP contribution in [0.2, 0.25) is 0 Å². The quantitative estimate of drug-likeness (QED) is 0.495. The fraction of sp³-hybridized carbons (Fsp3) is 0.0556. The Hall–Kier alpha value is -3.39. The Labute approximate surface area is 133 Å². The topological polar surface area (TPSA) is 59.0 Å².